The summed E-state index contributed by atoms with van der Waals surface area (Å²) >= 11 is 0. The molecule has 49 heavy (non-hydrogen) atoms. The van der Waals surface area contributed by atoms with E-state index in [2.05, 4.69) is 47.6 Å². The second-order valence-electron chi connectivity index (χ2n) is 19.0. The molecule has 0 aliphatic heterocycles. The van der Waals surface area contributed by atoms with Gasteiger partial charge >= 0.3 is 6.09 Å². The quantitative estimate of drug-likeness (QED) is 0.185. The fourth-order valence-electron chi connectivity index (χ4n) is 12.6. The maximum absolute atomic E-state index is 13.7. The third-order valence-electron chi connectivity index (χ3n) is 16.0. The highest BCUT2D eigenvalue weighted by molar-refractivity contribution is 5.85. The van der Waals surface area contributed by atoms with E-state index in [0.29, 0.717) is 29.3 Å². The van der Waals surface area contributed by atoms with E-state index >= 15 is 0 Å². The van der Waals surface area contributed by atoms with Gasteiger partial charge in [-0.3, -0.25) is 0 Å². The molecular formula is C42H75Cl2N3O2. The number of ether oxygens (including phenoxy) is 1. The molecule has 0 radical (unpaired) electrons. The van der Waals surface area contributed by atoms with Gasteiger partial charge in [0.2, 0.25) is 0 Å². The van der Waals surface area contributed by atoms with Crippen molar-refractivity contribution >= 4 is 30.9 Å². The molecule has 0 saturated heterocycles. The Labute approximate surface area is 313 Å². The topological polar surface area (TPSA) is 81.6 Å². The summed E-state index contributed by atoms with van der Waals surface area (Å²) in [6, 6.07) is 0.725. The number of carbonyl (C=O) groups excluding carboxylic acids is 1. The van der Waals surface area contributed by atoms with Crippen molar-refractivity contribution in [2.24, 2.45) is 75.6 Å². The van der Waals surface area contributed by atoms with Crippen LogP contribution in [0.2, 0.25) is 0 Å². The Morgan fingerprint density at radius 2 is 1.53 bits per heavy atom. The molecule has 0 aromatic heterocycles. The third kappa shape index (κ3) is 8.67. The zero-order valence-electron chi connectivity index (χ0n) is 32.2. The van der Waals surface area contributed by atoms with Crippen molar-refractivity contribution in [2.45, 2.75) is 169 Å². The normalized spacial score (nSPS) is 40.5. The fourth-order valence-corrected chi connectivity index (χ4v) is 12.6. The molecule has 0 bridgehead atoms. The van der Waals surface area contributed by atoms with Gasteiger partial charge in [0.15, 0.2) is 0 Å². The SMILES string of the molecule is CC[C@H](CC[C@@H](C)[C@H]1CC[C@H]2[C@@H]3CC=C4C[C@@H](OC(=O)N(CCC5CC(N)C5)CCC5CC(N)C5)CC[C@]4(C)[C@H]3CC[C@]12C)C(C)C.Cl.Cl. The summed E-state index contributed by atoms with van der Waals surface area (Å²) < 4.78 is 6.38. The summed E-state index contributed by atoms with van der Waals surface area (Å²) in [4.78, 5) is 15.7. The van der Waals surface area contributed by atoms with Crippen molar-refractivity contribution in [2.75, 3.05) is 13.1 Å². The van der Waals surface area contributed by atoms with Crippen LogP contribution in [0.5, 0.6) is 0 Å². The molecule has 284 valence electrons. The first kappa shape index (κ1) is 41.3. The van der Waals surface area contributed by atoms with Crippen molar-refractivity contribution in [3.63, 3.8) is 0 Å². The smallest absolute Gasteiger partial charge is 0.410 e. The van der Waals surface area contributed by atoms with Crippen LogP contribution in [0.25, 0.3) is 0 Å². The van der Waals surface area contributed by atoms with Gasteiger partial charge in [0.1, 0.15) is 6.10 Å². The Bertz CT molecular complexity index is 1080. The standard InChI is InChI=1S/C42H73N3O2.2ClH/c1-7-31(27(2)3)9-8-28(4)37-12-13-38-36-11-10-32-26-35(14-18-41(32,5)39(36)15-19-42(37,38)6)47-40(46)45(20-16-29-22-33(43)23-29)21-17-30-24-34(44)25-30;;/h10,27-31,33-39H,7-9,11-26,43-44H2,1-6H3;2*1H/t28-,29?,30?,31-,33?,34?,35+,36+,37-,38+,39+,41+,42-;;/m1../s1. The molecule has 7 heteroatoms. The molecule has 5 nitrogen and oxygen atoms in total. The van der Waals surface area contributed by atoms with Crippen LogP contribution in [0.4, 0.5) is 4.79 Å². The molecule has 0 aromatic carbocycles. The monoisotopic (exact) mass is 724 g/mol. The highest BCUT2D eigenvalue weighted by Gasteiger charge is 2.59. The minimum Gasteiger partial charge on any atom is -0.446 e. The number of carbonyl (C=O) groups is 1. The summed E-state index contributed by atoms with van der Waals surface area (Å²) in [6.07, 6.45) is 23.4. The summed E-state index contributed by atoms with van der Waals surface area (Å²) in [5, 5.41) is 0. The van der Waals surface area contributed by atoms with Crippen molar-refractivity contribution in [3.8, 4) is 0 Å². The minimum atomic E-state index is -0.0710. The van der Waals surface area contributed by atoms with Crippen molar-refractivity contribution < 1.29 is 9.53 Å². The van der Waals surface area contributed by atoms with E-state index in [1.807, 2.05) is 4.90 Å². The van der Waals surface area contributed by atoms with Crippen molar-refractivity contribution in [1.82, 2.24) is 4.90 Å². The Hall–Kier alpha value is -0.490. The number of nitrogens with two attached hydrogens (primary N) is 2. The lowest BCUT2D eigenvalue weighted by Crippen LogP contribution is -2.51. The number of hydrogen-bond donors (Lipinski definition) is 2. The number of rotatable bonds is 13. The predicted molar refractivity (Wildman–Crippen MR) is 209 cm³/mol. The minimum absolute atomic E-state index is 0. The van der Waals surface area contributed by atoms with Crippen LogP contribution in [0, 0.1) is 64.1 Å². The number of allylic oxidation sites excluding steroid dienone is 1. The van der Waals surface area contributed by atoms with Crippen LogP contribution in [0.3, 0.4) is 0 Å². The van der Waals surface area contributed by atoms with Crippen LogP contribution in [0.15, 0.2) is 11.6 Å². The van der Waals surface area contributed by atoms with Gasteiger partial charge in [-0.1, -0.05) is 66.0 Å². The number of nitrogens with zero attached hydrogens (tertiary/aromatic N) is 1. The van der Waals surface area contributed by atoms with E-state index in [1.165, 1.54) is 57.8 Å². The van der Waals surface area contributed by atoms with E-state index in [9.17, 15) is 4.79 Å². The van der Waals surface area contributed by atoms with Gasteiger partial charge in [0, 0.05) is 31.6 Å². The van der Waals surface area contributed by atoms with E-state index in [-0.39, 0.29) is 42.4 Å². The number of amides is 1. The van der Waals surface area contributed by atoms with Gasteiger partial charge in [0.25, 0.3) is 0 Å². The van der Waals surface area contributed by atoms with Crippen LogP contribution in [-0.2, 0) is 4.74 Å². The number of halogens is 2. The molecule has 6 aliphatic carbocycles. The van der Waals surface area contributed by atoms with Crippen LogP contribution >= 0.6 is 24.8 Å². The molecule has 0 unspecified atom stereocenters. The van der Waals surface area contributed by atoms with Gasteiger partial charge in [-0.2, -0.15) is 0 Å². The van der Waals surface area contributed by atoms with E-state index in [0.717, 1.165) is 106 Å². The lowest BCUT2D eigenvalue weighted by molar-refractivity contribution is -0.0596. The molecule has 5 fully saturated rings. The van der Waals surface area contributed by atoms with E-state index in [1.54, 1.807) is 5.57 Å². The Kier molecular flexibility index (Phi) is 14.4. The first-order valence-electron chi connectivity index (χ1n) is 20.6. The van der Waals surface area contributed by atoms with E-state index < -0.39 is 0 Å². The highest BCUT2D eigenvalue weighted by atomic mass is 35.5. The average molecular weight is 725 g/mol. The largest absolute Gasteiger partial charge is 0.446 e. The van der Waals surface area contributed by atoms with Crippen LogP contribution in [-0.4, -0.2) is 42.3 Å². The van der Waals surface area contributed by atoms with Gasteiger partial charge in [0.05, 0.1) is 0 Å². The van der Waals surface area contributed by atoms with Gasteiger partial charge < -0.3 is 21.1 Å². The Balaban J connectivity index is 0.00000270. The summed E-state index contributed by atoms with van der Waals surface area (Å²) in [7, 11) is 0. The zero-order chi connectivity index (χ0) is 33.5. The third-order valence-corrected chi connectivity index (χ3v) is 16.0. The number of hydrogen-bond acceptors (Lipinski definition) is 4. The second-order valence-corrected chi connectivity index (χ2v) is 19.0. The Morgan fingerprint density at radius 3 is 2.10 bits per heavy atom. The van der Waals surface area contributed by atoms with Crippen molar-refractivity contribution in [3.05, 3.63) is 11.6 Å². The molecule has 1 amide bonds. The maximum atomic E-state index is 13.7. The molecule has 9 atom stereocenters. The zero-order valence-corrected chi connectivity index (χ0v) is 33.8. The van der Waals surface area contributed by atoms with Crippen LogP contribution < -0.4 is 11.5 Å². The summed E-state index contributed by atoms with van der Waals surface area (Å²) in [5.74, 6) is 7.31. The van der Waals surface area contributed by atoms with Crippen LogP contribution in [0.1, 0.15) is 151 Å². The molecule has 0 aromatic rings. The van der Waals surface area contributed by atoms with Crippen molar-refractivity contribution in [1.29, 1.82) is 0 Å². The number of fused-ring (bicyclic) bond motifs is 5. The fraction of sp³-hybridized carbons (Fsp3) is 0.929. The molecule has 5 saturated carbocycles. The summed E-state index contributed by atoms with van der Waals surface area (Å²) in [6.45, 7) is 16.8. The predicted octanol–water partition coefficient (Wildman–Crippen LogP) is 10.6. The Morgan fingerprint density at radius 1 is 0.898 bits per heavy atom. The molecule has 0 heterocycles. The van der Waals surface area contributed by atoms with Gasteiger partial charge in [-0.25, -0.2) is 4.79 Å². The molecular weight excluding hydrogens is 649 g/mol. The first-order chi connectivity index (χ1) is 22.4. The lowest BCUT2D eigenvalue weighted by Gasteiger charge is -2.58. The second kappa shape index (κ2) is 17.1. The van der Waals surface area contributed by atoms with E-state index in [4.69, 9.17) is 16.2 Å². The van der Waals surface area contributed by atoms with Gasteiger partial charge in [-0.05, 0) is 154 Å². The average Bonchev–Trinajstić information content (AvgIpc) is 3.36. The molecule has 0 spiro atoms. The first-order valence-corrected chi connectivity index (χ1v) is 20.6. The molecule has 6 rings (SSSR count). The van der Waals surface area contributed by atoms with Gasteiger partial charge in [-0.15, -0.1) is 24.8 Å². The molecule has 4 N–H and O–H groups in total. The maximum Gasteiger partial charge on any atom is 0.410 e. The summed E-state index contributed by atoms with van der Waals surface area (Å²) in [5.41, 5.74) is 14.5. The lowest BCUT2D eigenvalue weighted by atomic mass is 9.47. The highest BCUT2D eigenvalue weighted by Crippen LogP contribution is 2.67. The molecule has 6 aliphatic rings.